The van der Waals surface area contributed by atoms with Crippen molar-refractivity contribution >= 4 is 17.2 Å². The summed E-state index contributed by atoms with van der Waals surface area (Å²) in [5.41, 5.74) is 4.35. The van der Waals surface area contributed by atoms with Crippen LogP contribution in [0.3, 0.4) is 0 Å². The minimum Gasteiger partial charge on any atom is -0.341 e. The Morgan fingerprint density at radius 3 is 2.83 bits per heavy atom. The van der Waals surface area contributed by atoms with Gasteiger partial charge in [0.15, 0.2) is 0 Å². The van der Waals surface area contributed by atoms with Crippen molar-refractivity contribution in [2.24, 2.45) is 5.92 Å². The summed E-state index contributed by atoms with van der Waals surface area (Å²) >= 11 is 1.65. The lowest BCUT2D eigenvalue weighted by Gasteiger charge is -2.21. The fourth-order valence-corrected chi connectivity index (χ4v) is 4.21. The van der Waals surface area contributed by atoms with Gasteiger partial charge in [-0.15, -0.1) is 11.3 Å². The molecule has 24 heavy (non-hydrogen) atoms. The quantitative estimate of drug-likeness (QED) is 0.858. The zero-order valence-electron chi connectivity index (χ0n) is 13.8. The fraction of sp³-hybridized carbons (Fsp3) is 0.474. The Kier molecular flexibility index (Phi) is 4.63. The second-order valence-corrected chi connectivity index (χ2v) is 7.51. The molecule has 0 N–H and O–H groups in total. The lowest BCUT2D eigenvalue weighted by atomic mass is 10.1. The highest BCUT2D eigenvalue weighted by Crippen LogP contribution is 2.48. The largest absolute Gasteiger partial charge is 0.341 e. The van der Waals surface area contributed by atoms with E-state index in [2.05, 4.69) is 44.4 Å². The summed E-state index contributed by atoms with van der Waals surface area (Å²) in [4.78, 5) is 21.7. The lowest BCUT2D eigenvalue weighted by Crippen LogP contribution is -2.36. The first kappa shape index (κ1) is 15.8. The lowest BCUT2D eigenvalue weighted by molar-refractivity contribution is -0.132. The zero-order chi connectivity index (χ0) is 16.4. The molecule has 126 valence electrons. The van der Waals surface area contributed by atoms with E-state index in [1.807, 2.05) is 11.6 Å². The van der Waals surface area contributed by atoms with Gasteiger partial charge < -0.3 is 4.90 Å². The summed E-state index contributed by atoms with van der Waals surface area (Å²) in [6.07, 6.45) is 2.07. The predicted molar refractivity (Wildman–Crippen MR) is 95.9 cm³/mol. The molecular weight excluding hydrogens is 318 g/mol. The van der Waals surface area contributed by atoms with Crippen molar-refractivity contribution in [1.82, 2.24) is 14.8 Å². The molecule has 1 aromatic carbocycles. The van der Waals surface area contributed by atoms with Crippen molar-refractivity contribution in [1.29, 1.82) is 0 Å². The van der Waals surface area contributed by atoms with Crippen LogP contribution in [0.2, 0.25) is 0 Å². The molecule has 4 rings (SSSR count). The number of benzene rings is 1. The van der Waals surface area contributed by atoms with Gasteiger partial charge in [0.05, 0.1) is 11.2 Å². The van der Waals surface area contributed by atoms with E-state index in [0.29, 0.717) is 11.8 Å². The molecule has 2 aromatic rings. The molecular formula is C19H23N3OS. The third-order valence-corrected chi connectivity index (χ3v) is 5.74. The average molecular weight is 341 g/mol. The molecule has 0 bridgehead atoms. The van der Waals surface area contributed by atoms with Crippen molar-refractivity contribution in [2.45, 2.75) is 25.3 Å². The van der Waals surface area contributed by atoms with E-state index in [4.69, 9.17) is 0 Å². The molecule has 5 heteroatoms. The highest BCUT2D eigenvalue weighted by atomic mass is 32.1. The second kappa shape index (κ2) is 7.03. The minimum absolute atomic E-state index is 0.206. The number of carbonyl (C=O) groups is 1. The molecule has 2 atom stereocenters. The molecule has 1 amide bonds. The summed E-state index contributed by atoms with van der Waals surface area (Å²) in [6.45, 7) is 4.65. The van der Waals surface area contributed by atoms with Crippen LogP contribution >= 0.6 is 11.3 Å². The maximum Gasteiger partial charge on any atom is 0.226 e. The van der Waals surface area contributed by atoms with Gasteiger partial charge in [0.25, 0.3) is 0 Å². The highest BCUT2D eigenvalue weighted by molar-refractivity contribution is 7.07. The number of aromatic nitrogens is 1. The van der Waals surface area contributed by atoms with Gasteiger partial charge >= 0.3 is 0 Å². The van der Waals surface area contributed by atoms with Crippen LogP contribution in [0.5, 0.6) is 0 Å². The Morgan fingerprint density at radius 2 is 2.04 bits per heavy atom. The number of thiazole rings is 1. The molecule has 2 heterocycles. The van der Waals surface area contributed by atoms with Gasteiger partial charge in [-0.1, -0.05) is 30.3 Å². The first-order valence-electron chi connectivity index (χ1n) is 8.74. The van der Waals surface area contributed by atoms with E-state index in [1.165, 1.54) is 5.56 Å². The van der Waals surface area contributed by atoms with Crippen LogP contribution in [0.25, 0.3) is 0 Å². The summed E-state index contributed by atoms with van der Waals surface area (Å²) in [6, 6.07) is 10.5. The molecule has 0 unspecified atom stereocenters. The summed E-state index contributed by atoms with van der Waals surface area (Å²) < 4.78 is 0. The van der Waals surface area contributed by atoms with Crippen LogP contribution < -0.4 is 0 Å². The van der Waals surface area contributed by atoms with Gasteiger partial charge in [0, 0.05) is 44.0 Å². The first-order chi connectivity index (χ1) is 11.8. The molecule has 4 nitrogen and oxygen atoms in total. The fourth-order valence-electron chi connectivity index (χ4n) is 3.67. The Balaban J connectivity index is 1.32. The number of nitrogens with zero attached hydrogens (tertiary/aromatic N) is 3. The van der Waals surface area contributed by atoms with Crippen LogP contribution in [0.15, 0.2) is 41.2 Å². The third-order valence-electron chi connectivity index (χ3n) is 5.10. The van der Waals surface area contributed by atoms with Crippen molar-refractivity contribution in [3.63, 3.8) is 0 Å². The maximum absolute atomic E-state index is 12.8. The molecule has 2 fully saturated rings. The molecule has 2 aliphatic rings. The van der Waals surface area contributed by atoms with E-state index >= 15 is 0 Å². The van der Waals surface area contributed by atoms with E-state index in [1.54, 1.807) is 11.3 Å². The van der Waals surface area contributed by atoms with Gasteiger partial charge in [0.2, 0.25) is 5.91 Å². The van der Waals surface area contributed by atoms with Crippen LogP contribution in [0.4, 0.5) is 0 Å². The Bertz CT molecular complexity index is 673. The number of carbonyl (C=O) groups excluding carboxylic acids is 1. The Morgan fingerprint density at radius 1 is 1.17 bits per heavy atom. The summed E-state index contributed by atoms with van der Waals surface area (Å²) in [5, 5.41) is 2.11. The number of amides is 1. The first-order valence-corrected chi connectivity index (χ1v) is 9.68. The van der Waals surface area contributed by atoms with Gasteiger partial charge in [-0.2, -0.15) is 0 Å². The van der Waals surface area contributed by atoms with E-state index in [-0.39, 0.29) is 5.92 Å². The molecule has 0 radical (unpaired) electrons. The van der Waals surface area contributed by atoms with Crippen LogP contribution in [0, 0.1) is 5.92 Å². The van der Waals surface area contributed by atoms with Gasteiger partial charge in [0.1, 0.15) is 0 Å². The highest BCUT2D eigenvalue weighted by Gasteiger charge is 2.45. The van der Waals surface area contributed by atoms with Gasteiger partial charge in [-0.25, -0.2) is 4.98 Å². The van der Waals surface area contributed by atoms with E-state index in [9.17, 15) is 4.79 Å². The van der Waals surface area contributed by atoms with E-state index < -0.39 is 0 Å². The van der Waals surface area contributed by atoms with Gasteiger partial charge in [-0.3, -0.25) is 9.69 Å². The molecule has 1 saturated carbocycles. The van der Waals surface area contributed by atoms with Crippen LogP contribution in [-0.2, 0) is 11.3 Å². The molecule has 0 spiro atoms. The van der Waals surface area contributed by atoms with Crippen molar-refractivity contribution < 1.29 is 4.79 Å². The Hall–Kier alpha value is -1.72. The molecule has 1 aliphatic carbocycles. The normalized spacial score (nSPS) is 24.6. The molecule has 1 saturated heterocycles. The smallest absolute Gasteiger partial charge is 0.226 e. The zero-order valence-corrected chi connectivity index (χ0v) is 14.6. The summed E-state index contributed by atoms with van der Waals surface area (Å²) in [7, 11) is 0. The second-order valence-electron chi connectivity index (χ2n) is 6.79. The topological polar surface area (TPSA) is 36.4 Å². The number of hydrogen-bond donors (Lipinski definition) is 0. The standard InChI is InChI=1S/C19H23N3OS/c23-19(18-11-17(18)15-5-2-1-3-6-15)22-8-4-7-21(9-10-22)12-16-13-24-14-20-16/h1-3,5-6,13-14,17-18H,4,7-12H2/t17-,18+/m1/s1. The molecule has 1 aliphatic heterocycles. The Labute approximate surface area is 147 Å². The van der Waals surface area contributed by atoms with Crippen LogP contribution in [0.1, 0.15) is 30.0 Å². The van der Waals surface area contributed by atoms with E-state index in [0.717, 1.165) is 51.3 Å². The van der Waals surface area contributed by atoms with Crippen LogP contribution in [-0.4, -0.2) is 46.9 Å². The summed E-state index contributed by atoms with van der Waals surface area (Å²) in [5.74, 6) is 1.00. The van der Waals surface area contributed by atoms with Crippen molar-refractivity contribution in [3.05, 3.63) is 52.5 Å². The monoisotopic (exact) mass is 341 g/mol. The van der Waals surface area contributed by atoms with Gasteiger partial charge in [-0.05, 0) is 24.3 Å². The maximum atomic E-state index is 12.8. The van der Waals surface area contributed by atoms with Crippen molar-refractivity contribution in [3.8, 4) is 0 Å². The number of hydrogen-bond acceptors (Lipinski definition) is 4. The van der Waals surface area contributed by atoms with Crippen molar-refractivity contribution in [2.75, 3.05) is 26.2 Å². The predicted octanol–water partition coefficient (Wildman–Crippen LogP) is 2.98. The number of rotatable bonds is 4. The minimum atomic E-state index is 0.206. The molecule has 1 aromatic heterocycles. The third kappa shape index (κ3) is 3.52. The average Bonchev–Trinajstić information content (AvgIpc) is 3.32. The SMILES string of the molecule is O=C([C@H]1C[C@@H]1c1ccccc1)N1CCCN(Cc2cscn2)CC1.